The summed E-state index contributed by atoms with van der Waals surface area (Å²) >= 11 is 0. The summed E-state index contributed by atoms with van der Waals surface area (Å²) in [7, 11) is 1.53. The fourth-order valence-electron chi connectivity index (χ4n) is 4.82. The zero-order valence-corrected chi connectivity index (χ0v) is 22.8. The Morgan fingerprint density at radius 2 is 1.74 bits per heavy atom. The molecule has 5 rings (SSSR count). The van der Waals surface area contributed by atoms with E-state index in [2.05, 4.69) is 5.32 Å². The molecule has 42 heavy (non-hydrogen) atoms. The van der Waals surface area contributed by atoms with E-state index >= 15 is 0 Å². The molecule has 8 nitrogen and oxygen atoms in total. The molecule has 1 N–H and O–H groups in total. The van der Waals surface area contributed by atoms with Gasteiger partial charge in [0.15, 0.2) is 0 Å². The molecule has 0 spiro atoms. The zero-order chi connectivity index (χ0) is 29.9. The second-order valence-electron chi connectivity index (χ2n) is 9.43. The highest BCUT2D eigenvalue weighted by molar-refractivity contribution is 5.90. The normalized spacial score (nSPS) is 12.2. The lowest BCUT2D eigenvalue weighted by Gasteiger charge is -2.32. The highest BCUT2D eigenvalue weighted by Crippen LogP contribution is 2.35. The fourth-order valence-corrected chi connectivity index (χ4v) is 4.82. The Labute approximate surface area is 239 Å². The number of hydrogen-bond acceptors (Lipinski definition) is 5. The van der Waals surface area contributed by atoms with Gasteiger partial charge in [-0.15, -0.1) is 0 Å². The molecule has 5 aromatic rings. The summed E-state index contributed by atoms with van der Waals surface area (Å²) in [5.74, 6) is 1.21. The van der Waals surface area contributed by atoms with E-state index < -0.39 is 29.5 Å². The van der Waals surface area contributed by atoms with Gasteiger partial charge in [-0.05, 0) is 67.1 Å². The molecular formula is C31H27F3N4O4. The number of methoxy groups -OCH3 is 1. The van der Waals surface area contributed by atoms with E-state index in [4.69, 9.17) is 14.1 Å². The fraction of sp³-hybridized carbons (Fsp3) is 0.194. The molecule has 1 atom stereocenters. The number of halogens is 3. The number of ether oxygens (including phenoxy) is 1. The number of anilines is 1. The van der Waals surface area contributed by atoms with Crippen molar-refractivity contribution < 1.29 is 27.1 Å². The molecule has 216 valence electrons. The van der Waals surface area contributed by atoms with Crippen molar-refractivity contribution in [2.24, 2.45) is 0 Å². The number of benzene rings is 3. The Bertz CT molecular complexity index is 1750. The van der Waals surface area contributed by atoms with Gasteiger partial charge in [0.25, 0.3) is 5.56 Å². The molecule has 2 amide bonds. The molecule has 1 unspecified atom stereocenters. The first-order valence-electron chi connectivity index (χ1n) is 13.1. The number of hydrogen-bond donors (Lipinski definition) is 1. The quantitative estimate of drug-likeness (QED) is 0.211. The number of nitrogens with zero attached hydrogens (tertiary/aromatic N) is 3. The molecule has 3 aromatic carbocycles. The standard InChI is InChI=1S/C31H27F3N4O4/c1-3-27(28-35-25-12-6-4-10-23(25)29(39)38(28)20-14-16-21(41-2)17-15-20)37(19-22-9-8-18-42-22)30(40)36-26-13-7-5-11-24(26)31(32,33)34/h4-18,27H,3,19H2,1-2H3,(H,36,40). The summed E-state index contributed by atoms with van der Waals surface area (Å²) < 4.78 is 53.4. The maximum atomic E-state index is 13.9. The van der Waals surface area contributed by atoms with Crippen molar-refractivity contribution in [3.05, 3.63) is 119 Å². The number of fused-ring (bicyclic) bond motifs is 1. The summed E-state index contributed by atoms with van der Waals surface area (Å²) in [6.07, 6.45) is -2.97. The summed E-state index contributed by atoms with van der Waals surface area (Å²) in [5.41, 5.74) is -0.841. The smallest absolute Gasteiger partial charge is 0.418 e. The van der Waals surface area contributed by atoms with Crippen LogP contribution in [-0.4, -0.2) is 27.6 Å². The van der Waals surface area contributed by atoms with Crippen LogP contribution in [0.15, 0.2) is 100 Å². The van der Waals surface area contributed by atoms with Gasteiger partial charge in [-0.25, -0.2) is 9.78 Å². The highest BCUT2D eigenvalue weighted by atomic mass is 19.4. The predicted octanol–water partition coefficient (Wildman–Crippen LogP) is 7.19. The first-order valence-corrected chi connectivity index (χ1v) is 13.1. The van der Waals surface area contributed by atoms with E-state index in [1.165, 1.54) is 41.0 Å². The van der Waals surface area contributed by atoms with Gasteiger partial charge in [-0.3, -0.25) is 9.36 Å². The van der Waals surface area contributed by atoms with Crippen LogP contribution in [0.2, 0.25) is 0 Å². The summed E-state index contributed by atoms with van der Waals surface area (Å²) in [4.78, 5) is 33.9. The summed E-state index contributed by atoms with van der Waals surface area (Å²) in [6.45, 7) is 1.70. The zero-order valence-electron chi connectivity index (χ0n) is 22.8. The molecule has 2 heterocycles. The van der Waals surface area contributed by atoms with Crippen LogP contribution in [0.1, 0.15) is 36.5 Å². The number of para-hydroxylation sites is 2. The van der Waals surface area contributed by atoms with Crippen LogP contribution in [-0.2, 0) is 12.7 Å². The third kappa shape index (κ3) is 5.71. The SMILES string of the molecule is CCC(c1nc2ccccc2c(=O)n1-c1ccc(OC)cc1)N(Cc1ccco1)C(=O)Nc1ccccc1C(F)(F)F. The van der Waals surface area contributed by atoms with Crippen LogP contribution >= 0.6 is 0 Å². The largest absolute Gasteiger partial charge is 0.497 e. The minimum Gasteiger partial charge on any atom is -0.497 e. The van der Waals surface area contributed by atoms with E-state index in [0.717, 1.165) is 6.07 Å². The molecule has 0 saturated carbocycles. The van der Waals surface area contributed by atoms with Crippen molar-refractivity contribution in [1.82, 2.24) is 14.5 Å². The second-order valence-corrected chi connectivity index (χ2v) is 9.43. The maximum absolute atomic E-state index is 13.9. The molecule has 0 saturated heterocycles. The summed E-state index contributed by atoms with van der Waals surface area (Å²) in [5, 5.41) is 2.80. The van der Waals surface area contributed by atoms with Gasteiger partial charge in [0.2, 0.25) is 0 Å². The minimum atomic E-state index is -4.69. The van der Waals surface area contributed by atoms with E-state index in [9.17, 15) is 22.8 Å². The third-order valence-corrected chi connectivity index (χ3v) is 6.83. The van der Waals surface area contributed by atoms with E-state index in [1.54, 1.807) is 67.6 Å². The average Bonchev–Trinajstić information content (AvgIpc) is 3.50. The summed E-state index contributed by atoms with van der Waals surface area (Å²) in [6, 6.07) is 20.0. The Morgan fingerprint density at radius 1 is 1.02 bits per heavy atom. The van der Waals surface area contributed by atoms with E-state index in [1.807, 2.05) is 0 Å². The highest BCUT2D eigenvalue weighted by Gasteiger charge is 2.35. The number of nitrogens with one attached hydrogen (secondary N) is 1. The van der Waals surface area contributed by atoms with E-state index in [0.29, 0.717) is 28.1 Å². The van der Waals surface area contributed by atoms with Gasteiger partial charge in [0.1, 0.15) is 17.3 Å². The van der Waals surface area contributed by atoms with Crippen molar-refractivity contribution >= 4 is 22.6 Å². The molecule has 0 fully saturated rings. The molecule has 11 heteroatoms. The van der Waals surface area contributed by atoms with Gasteiger partial charge in [0.05, 0.1) is 53.8 Å². The molecule has 0 aliphatic carbocycles. The molecular weight excluding hydrogens is 549 g/mol. The third-order valence-electron chi connectivity index (χ3n) is 6.83. The Kier molecular flexibility index (Phi) is 8.01. The predicted molar refractivity (Wildman–Crippen MR) is 152 cm³/mol. The minimum absolute atomic E-state index is 0.100. The van der Waals surface area contributed by atoms with Gasteiger partial charge in [-0.1, -0.05) is 31.2 Å². The van der Waals surface area contributed by atoms with Gasteiger partial charge < -0.3 is 19.4 Å². The van der Waals surface area contributed by atoms with Crippen LogP contribution in [0.5, 0.6) is 5.75 Å². The molecule has 0 aliphatic rings. The second kappa shape index (κ2) is 11.8. The molecule has 0 aliphatic heterocycles. The van der Waals surface area contributed by atoms with Crippen LogP contribution in [0.4, 0.5) is 23.7 Å². The lowest BCUT2D eigenvalue weighted by molar-refractivity contribution is -0.136. The Hall–Kier alpha value is -5.06. The maximum Gasteiger partial charge on any atom is 0.418 e. The molecule has 0 bridgehead atoms. The topological polar surface area (TPSA) is 89.6 Å². The number of furan rings is 1. The van der Waals surface area contributed by atoms with Crippen molar-refractivity contribution in [2.75, 3.05) is 12.4 Å². The van der Waals surface area contributed by atoms with Crippen LogP contribution in [0, 0.1) is 0 Å². The van der Waals surface area contributed by atoms with Gasteiger partial charge in [0, 0.05) is 0 Å². The van der Waals surface area contributed by atoms with Crippen LogP contribution in [0.3, 0.4) is 0 Å². The number of carbonyl (C=O) groups is 1. The number of alkyl halides is 3. The Morgan fingerprint density at radius 3 is 2.40 bits per heavy atom. The first-order chi connectivity index (χ1) is 20.2. The number of rotatable bonds is 8. The van der Waals surface area contributed by atoms with Gasteiger partial charge in [-0.2, -0.15) is 13.2 Å². The monoisotopic (exact) mass is 576 g/mol. The van der Waals surface area contributed by atoms with Crippen LogP contribution < -0.4 is 15.6 Å². The van der Waals surface area contributed by atoms with Crippen molar-refractivity contribution in [2.45, 2.75) is 32.1 Å². The number of amides is 2. The Balaban J connectivity index is 1.67. The lowest BCUT2D eigenvalue weighted by atomic mass is 10.1. The molecule has 0 radical (unpaired) electrons. The van der Waals surface area contributed by atoms with Crippen LogP contribution in [0.25, 0.3) is 16.6 Å². The van der Waals surface area contributed by atoms with Crippen molar-refractivity contribution in [3.8, 4) is 11.4 Å². The number of aromatic nitrogens is 2. The van der Waals surface area contributed by atoms with E-state index in [-0.39, 0.29) is 24.3 Å². The first kappa shape index (κ1) is 28.5. The van der Waals surface area contributed by atoms with Crippen molar-refractivity contribution in [1.29, 1.82) is 0 Å². The average molecular weight is 577 g/mol. The van der Waals surface area contributed by atoms with Crippen molar-refractivity contribution in [3.63, 3.8) is 0 Å². The van der Waals surface area contributed by atoms with Gasteiger partial charge >= 0.3 is 12.2 Å². The molecule has 2 aromatic heterocycles. The number of urea groups is 1. The lowest BCUT2D eigenvalue weighted by Crippen LogP contribution is -2.40. The number of carbonyl (C=O) groups excluding carboxylic acids is 1.